The Hall–Kier alpha value is -4.11. The Morgan fingerprint density at radius 3 is 2.30 bits per heavy atom. The first-order valence-electron chi connectivity index (χ1n) is 14.7. The second-order valence-electron chi connectivity index (χ2n) is 12.1. The largest absolute Gasteiger partial charge is 0.444 e. The van der Waals surface area contributed by atoms with E-state index < -0.39 is 17.6 Å². The van der Waals surface area contributed by atoms with E-state index in [1.165, 1.54) is 0 Å². The van der Waals surface area contributed by atoms with E-state index in [0.717, 1.165) is 27.9 Å². The molecule has 1 atom stereocenters. The zero-order valence-electron chi connectivity index (χ0n) is 25.4. The minimum Gasteiger partial charge on any atom is -0.444 e. The minimum atomic E-state index is -0.645. The van der Waals surface area contributed by atoms with Crippen LogP contribution in [0.3, 0.4) is 0 Å². The lowest BCUT2D eigenvalue weighted by Crippen LogP contribution is -2.52. The predicted molar refractivity (Wildman–Crippen MR) is 170 cm³/mol. The molecule has 0 radical (unpaired) electrons. The number of carbonyl (C=O) groups excluding carboxylic acids is 2. The van der Waals surface area contributed by atoms with Crippen LogP contribution < -0.4 is 4.90 Å². The Kier molecular flexibility index (Phi) is 8.92. The maximum absolute atomic E-state index is 14.2. The van der Waals surface area contributed by atoms with Crippen molar-refractivity contribution in [2.45, 2.75) is 52.2 Å². The van der Waals surface area contributed by atoms with Crippen LogP contribution in [0.15, 0.2) is 66.9 Å². The maximum Gasteiger partial charge on any atom is 0.410 e. The number of ether oxygens (including phenoxy) is 1. The number of aromatic amines is 1. The van der Waals surface area contributed by atoms with Crippen LogP contribution in [0.1, 0.15) is 46.1 Å². The smallest absolute Gasteiger partial charge is 0.410 e. The van der Waals surface area contributed by atoms with Gasteiger partial charge < -0.3 is 19.4 Å². The average Bonchev–Trinajstić information content (AvgIpc) is 3.42. The van der Waals surface area contributed by atoms with Crippen molar-refractivity contribution in [3.8, 4) is 11.3 Å². The van der Waals surface area contributed by atoms with Gasteiger partial charge in [-0.2, -0.15) is 5.10 Å². The van der Waals surface area contributed by atoms with Crippen molar-refractivity contribution < 1.29 is 14.3 Å². The Bertz CT molecular complexity index is 1560. The van der Waals surface area contributed by atoms with E-state index in [1.807, 2.05) is 75.9 Å². The molecule has 0 aliphatic carbocycles. The number of hydrogen-bond donors (Lipinski definition) is 1. The molecule has 226 valence electrons. The van der Waals surface area contributed by atoms with E-state index in [0.29, 0.717) is 36.8 Å². The van der Waals surface area contributed by atoms with Gasteiger partial charge in [-0.3, -0.25) is 9.89 Å². The number of pyridine rings is 1. The number of hydrogen-bond acceptors (Lipinski definition) is 6. The summed E-state index contributed by atoms with van der Waals surface area (Å²) in [6.45, 7) is 12.0. The molecular weight excluding hydrogens is 564 g/mol. The fourth-order valence-electron chi connectivity index (χ4n) is 5.43. The SMILES string of the molecule is CC(C)N(CC(C(=O)N1CCN(c2ccnc3n[nH]c(-c4ccccc4)c23)CC1)c1ccc(Cl)cc1)C(=O)OC(C)(C)C. The molecule has 1 aliphatic heterocycles. The lowest BCUT2D eigenvalue weighted by atomic mass is 9.96. The first-order valence-corrected chi connectivity index (χ1v) is 15.1. The van der Waals surface area contributed by atoms with Crippen molar-refractivity contribution in [1.82, 2.24) is 25.0 Å². The molecule has 0 saturated carbocycles. The monoisotopic (exact) mass is 602 g/mol. The Morgan fingerprint density at radius 2 is 1.67 bits per heavy atom. The molecule has 1 unspecified atom stereocenters. The number of carbonyl (C=O) groups is 2. The van der Waals surface area contributed by atoms with Crippen LogP contribution in [0.2, 0.25) is 5.02 Å². The highest BCUT2D eigenvalue weighted by Crippen LogP contribution is 2.34. The van der Waals surface area contributed by atoms with Crippen LogP contribution in [0.4, 0.5) is 10.5 Å². The van der Waals surface area contributed by atoms with Crippen molar-refractivity contribution in [3.63, 3.8) is 0 Å². The number of aromatic nitrogens is 3. The lowest BCUT2D eigenvalue weighted by molar-refractivity contribution is -0.133. The first-order chi connectivity index (χ1) is 20.5. The highest BCUT2D eigenvalue weighted by molar-refractivity contribution is 6.30. The number of rotatable bonds is 7. The van der Waals surface area contributed by atoms with E-state index in [1.54, 1.807) is 23.2 Å². The molecule has 1 fully saturated rings. The van der Waals surface area contributed by atoms with Crippen LogP contribution >= 0.6 is 11.6 Å². The third-order valence-corrected chi connectivity index (χ3v) is 7.88. The fourth-order valence-corrected chi connectivity index (χ4v) is 5.56. The van der Waals surface area contributed by atoms with Gasteiger partial charge in [0.05, 0.1) is 22.7 Å². The average molecular weight is 603 g/mol. The second-order valence-corrected chi connectivity index (χ2v) is 12.6. The third-order valence-electron chi connectivity index (χ3n) is 7.63. The number of halogens is 1. The van der Waals surface area contributed by atoms with Gasteiger partial charge in [0.15, 0.2) is 5.65 Å². The molecule has 3 heterocycles. The van der Waals surface area contributed by atoms with Gasteiger partial charge >= 0.3 is 6.09 Å². The summed E-state index contributed by atoms with van der Waals surface area (Å²) in [5, 5.41) is 9.19. The highest BCUT2D eigenvalue weighted by atomic mass is 35.5. The number of benzene rings is 2. The van der Waals surface area contributed by atoms with Crippen LogP contribution in [-0.2, 0) is 9.53 Å². The molecule has 0 bridgehead atoms. The summed E-state index contributed by atoms with van der Waals surface area (Å²) in [5.41, 5.74) is 3.83. The Morgan fingerprint density at radius 1 is 1.00 bits per heavy atom. The number of H-pyrrole nitrogens is 1. The molecule has 2 aromatic heterocycles. The number of amides is 2. The van der Waals surface area contributed by atoms with Crippen LogP contribution in [0.5, 0.6) is 0 Å². The zero-order chi connectivity index (χ0) is 30.7. The number of anilines is 1. The van der Waals surface area contributed by atoms with Crippen molar-refractivity contribution in [2.24, 2.45) is 0 Å². The summed E-state index contributed by atoms with van der Waals surface area (Å²) in [4.78, 5) is 37.6. The highest BCUT2D eigenvalue weighted by Gasteiger charge is 2.34. The number of piperazine rings is 1. The van der Waals surface area contributed by atoms with Gasteiger partial charge in [-0.15, -0.1) is 0 Å². The second kappa shape index (κ2) is 12.6. The Labute approximate surface area is 257 Å². The minimum absolute atomic E-state index is 0.0238. The van der Waals surface area contributed by atoms with E-state index in [-0.39, 0.29) is 18.5 Å². The number of nitrogens with one attached hydrogen (secondary N) is 1. The first kappa shape index (κ1) is 30.4. The van der Waals surface area contributed by atoms with Crippen LogP contribution in [-0.4, -0.2) is 81.3 Å². The zero-order valence-corrected chi connectivity index (χ0v) is 26.1. The quantitative estimate of drug-likeness (QED) is 0.265. The van der Waals surface area contributed by atoms with Gasteiger partial charge in [0, 0.05) is 55.5 Å². The van der Waals surface area contributed by atoms with Crippen molar-refractivity contribution in [3.05, 3.63) is 77.4 Å². The van der Waals surface area contributed by atoms with Crippen LogP contribution in [0.25, 0.3) is 22.3 Å². The van der Waals surface area contributed by atoms with Crippen molar-refractivity contribution in [1.29, 1.82) is 0 Å². The van der Waals surface area contributed by atoms with E-state index in [2.05, 4.69) is 32.2 Å². The normalized spacial score (nSPS) is 14.7. The van der Waals surface area contributed by atoms with Gasteiger partial charge in [-0.1, -0.05) is 54.1 Å². The standard InChI is InChI=1S/C33H39ClN6O3/c1-22(2)40(32(42)43-33(3,4)5)21-26(23-11-13-25(34)14-12-23)31(41)39-19-17-38(18-20-39)27-15-16-35-30-28(27)29(36-37-30)24-9-7-6-8-10-24/h6-16,22,26H,17-21H2,1-5H3,(H,35,36,37). The summed E-state index contributed by atoms with van der Waals surface area (Å²) in [6, 6.07) is 19.3. The summed E-state index contributed by atoms with van der Waals surface area (Å²) >= 11 is 6.19. The molecule has 1 saturated heterocycles. The van der Waals surface area contributed by atoms with Gasteiger partial charge in [0.2, 0.25) is 5.91 Å². The van der Waals surface area contributed by atoms with E-state index in [4.69, 9.17) is 16.3 Å². The summed E-state index contributed by atoms with van der Waals surface area (Å²) in [6.07, 6.45) is 1.34. The van der Waals surface area contributed by atoms with E-state index in [9.17, 15) is 9.59 Å². The molecule has 9 nitrogen and oxygen atoms in total. The molecule has 5 rings (SSSR count). The molecule has 2 aromatic carbocycles. The van der Waals surface area contributed by atoms with Gasteiger partial charge in [0.1, 0.15) is 5.60 Å². The predicted octanol–water partition coefficient (Wildman–Crippen LogP) is 6.36. The van der Waals surface area contributed by atoms with Crippen molar-refractivity contribution >= 4 is 40.3 Å². The molecular formula is C33H39ClN6O3. The molecule has 2 amide bonds. The molecule has 1 aliphatic rings. The topological polar surface area (TPSA) is 94.7 Å². The lowest BCUT2D eigenvalue weighted by Gasteiger charge is -2.39. The summed E-state index contributed by atoms with van der Waals surface area (Å²) < 4.78 is 5.70. The van der Waals surface area contributed by atoms with Gasteiger partial charge in [-0.05, 0) is 58.4 Å². The summed E-state index contributed by atoms with van der Waals surface area (Å²) in [7, 11) is 0. The Balaban J connectivity index is 1.37. The molecule has 4 aromatic rings. The molecule has 10 heteroatoms. The maximum atomic E-state index is 14.2. The van der Waals surface area contributed by atoms with Crippen LogP contribution in [0, 0.1) is 0 Å². The van der Waals surface area contributed by atoms with Crippen molar-refractivity contribution in [2.75, 3.05) is 37.6 Å². The molecule has 0 spiro atoms. The number of nitrogens with zero attached hydrogens (tertiary/aromatic N) is 5. The van der Waals surface area contributed by atoms with Gasteiger partial charge in [0.25, 0.3) is 0 Å². The van der Waals surface area contributed by atoms with Gasteiger partial charge in [-0.25, -0.2) is 9.78 Å². The molecule has 1 N–H and O–H groups in total. The fraction of sp³-hybridized carbons (Fsp3) is 0.394. The third kappa shape index (κ3) is 6.94. The molecule has 43 heavy (non-hydrogen) atoms. The summed E-state index contributed by atoms with van der Waals surface area (Å²) in [5.74, 6) is -0.589. The number of fused-ring (bicyclic) bond motifs is 1. The van der Waals surface area contributed by atoms with E-state index >= 15 is 0 Å².